The minimum absolute atomic E-state index is 0.0220. The molecule has 0 aliphatic heterocycles. The predicted octanol–water partition coefficient (Wildman–Crippen LogP) is 0.725. The topological polar surface area (TPSA) is 136 Å². The van der Waals surface area contributed by atoms with Crippen LogP contribution in [0.15, 0.2) is 24.3 Å². The zero-order chi connectivity index (χ0) is 14.4. The molecule has 0 aliphatic rings. The molecule has 0 aliphatic carbocycles. The van der Waals surface area contributed by atoms with Gasteiger partial charge < -0.3 is 16.2 Å². The first-order valence-corrected chi connectivity index (χ1v) is 5.43. The van der Waals surface area contributed by atoms with Crippen molar-refractivity contribution in [1.82, 2.24) is 0 Å². The number of nitrogens with two attached hydrogens (primary N) is 1. The second kappa shape index (κ2) is 6.45. The summed E-state index contributed by atoms with van der Waals surface area (Å²) in [5, 5.41) is 21.4. The number of non-ortho nitro benzene ring substituents is 1. The average Bonchev–Trinajstić information content (AvgIpc) is 2.36. The molecule has 0 radical (unpaired) electrons. The molecular weight excluding hydrogens is 254 g/mol. The van der Waals surface area contributed by atoms with Crippen molar-refractivity contribution in [2.75, 3.05) is 5.32 Å². The summed E-state index contributed by atoms with van der Waals surface area (Å²) in [7, 11) is 0. The molecule has 0 heterocycles. The Hall–Kier alpha value is -2.48. The fourth-order valence-corrected chi connectivity index (χ4v) is 1.31. The van der Waals surface area contributed by atoms with E-state index in [-0.39, 0.29) is 18.5 Å². The van der Waals surface area contributed by atoms with Crippen LogP contribution < -0.4 is 11.1 Å². The molecule has 0 fully saturated rings. The third kappa shape index (κ3) is 4.72. The van der Waals surface area contributed by atoms with E-state index in [1.54, 1.807) is 0 Å². The van der Waals surface area contributed by atoms with Crippen LogP contribution in [0.2, 0.25) is 0 Å². The van der Waals surface area contributed by atoms with E-state index in [1.807, 2.05) is 0 Å². The molecular formula is C11H13N3O5. The van der Waals surface area contributed by atoms with E-state index in [2.05, 4.69) is 5.32 Å². The minimum Gasteiger partial charge on any atom is -0.481 e. The summed E-state index contributed by atoms with van der Waals surface area (Å²) in [6.45, 7) is 0. The molecule has 0 unspecified atom stereocenters. The third-order valence-corrected chi connectivity index (χ3v) is 2.35. The van der Waals surface area contributed by atoms with Crippen LogP contribution in [0.4, 0.5) is 11.4 Å². The summed E-state index contributed by atoms with van der Waals surface area (Å²) in [6.07, 6.45) is -0.178. The lowest BCUT2D eigenvalue weighted by Crippen LogP contribution is -2.36. The number of anilines is 1. The van der Waals surface area contributed by atoms with Gasteiger partial charge in [-0.2, -0.15) is 0 Å². The Morgan fingerprint density at radius 1 is 1.37 bits per heavy atom. The second-order valence-corrected chi connectivity index (χ2v) is 3.83. The SMILES string of the molecule is N[C@@H](CCC(=O)O)C(=O)Nc1ccc([N+](=O)[O-])cc1. The van der Waals surface area contributed by atoms with Gasteiger partial charge in [-0.05, 0) is 18.6 Å². The highest BCUT2D eigenvalue weighted by atomic mass is 16.6. The molecule has 0 saturated heterocycles. The summed E-state index contributed by atoms with van der Waals surface area (Å²) in [6, 6.07) is 4.31. The van der Waals surface area contributed by atoms with Crippen molar-refractivity contribution >= 4 is 23.3 Å². The highest BCUT2D eigenvalue weighted by Crippen LogP contribution is 2.15. The molecule has 19 heavy (non-hydrogen) atoms. The lowest BCUT2D eigenvalue weighted by Gasteiger charge is -2.10. The van der Waals surface area contributed by atoms with Gasteiger partial charge in [-0.1, -0.05) is 0 Å². The maximum absolute atomic E-state index is 11.6. The fraction of sp³-hybridized carbons (Fsp3) is 0.273. The number of nitro groups is 1. The summed E-state index contributed by atoms with van der Waals surface area (Å²) in [5.41, 5.74) is 5.78. The standard InChI is InChI=1S/C11H13N3O5/c12-9(5-6-10(15)16)11(17)13-7-1-3-8(4-2-7)14(18)19/h1-4,9H,5-6,12H2,(H,13,17)(H,15,16)/t9-/m0/s1. The second-order valence-electron chi connectivity index (χ2n) is 3.83. The quantitative estimate of drug-likeness (QED) is 0.513. The Bertz CT molecular complexity index is 486. The molecule has 0 bridgehead atoms. The van der Waals surface area contributed by atoms with Crippen molar-refractivity contribution in [2.24, 2.45) is 5.73 Å². The largest absolute Gasteiger partial charge is 0.481 e. The number of carboxylic acids is 1. The van der Waals surface area contributed by atoms with Crippen molar-refractivity contribution in [1.29, 1.82) is 0 Å². The number of benzene rings is 1. The number of carboxylic acid groups (broad SMARTS) is 1. The third-order valence-electron chi connectivity index (χ3n) is 2.35. The van der Waals surface area contributed by atoms with Gasteiger partial charge >= 0.3 is 5.97 Å². The monoisotopic (exact) mass is 267 g/mol. The van der Waals surface area contributed by atoms with Gasteiger partial charge in [0.15, 0.2) is 0 Å². The van der Waals surface area contributed by atoms with Crippen LogP contribution in [0.1, 0.15) is 12.8 Å². The van der Waals surface area contributed by atoms with E-state index < -0.39 is 22.8 Å². The van der Waals surface area contributed by atoms with Crippen LogP contribution in [0, 0.1) is 10.1 Å². The number of amides is 1. The van der Waals surface area contributed by atoms with Gasteiger partial charge in [0.05, 0.1) is 11.0 Å². The zero-order valence-corrected chi connectivity index (χ0v) is 9.91. The van der Waals surface area contributed by atoms with Crippen LogP contribution in [-0.4, -0.2) is 27.9 Å². The van der Waals surface area contributed by atoms with Gasteiger partial charge in [0.2, 0.25) is 5.91 Å². The molecule has 102 valence electrons. The maximum Gasteiger partial charge on any atom is 0.303 e. The Morgan fingerprint density at radius 3 is 2.42 bits per heavy atom. The van der Waals surface area contributed by atoms with Crippen LogP contribution in [0.5, 0.6) is 0 Å². The van der Waals surface area contributed by atoms with Crippen molar-refractivity contribution in [3.8, 4) is 0 Å². The number of hydrogen-bond acceptors (Lipinski definition) is 5. The van der Waals surface area contributed by atoms with E-state index in [1.165, 1.54) is 24.3 Å². The first kappa shape index (κ1) is 14.6. The molecule has 0 aromatic heterocycles. The molecule has 1 amide bonds. The molecule has 1 rings (SSSR count). The van der Waals surface area contributed by atoms with E-state index in [9.17, 15) is 19.7 Å². The summed E-state index contributed by atoms with van der Waals surface area (Å²) < 4.78 is 0. The van der Waals surface area contributed by atoms with Gasteiger partial charge in [0, 0.05) is 24.2 Å². The molecule has 1 atom stereocenters. The van der Waals surface area contributed by atoms with Crippen molar-refractivity contribution in [2.45, 2.75) is 18.9 Å². The van der Waals surface area contributed by atoms with Crippen LogP contribution in [0.3, 0.4) is 0 Å². The number of nitro benzene ring substituents is 1. The summed E-state index contributed by atoms with van der Waals surface area (Å²) in [4.78, 5) is 31.8. The highest BCUT2D eigenvalue weighted by Gasteiger charge is 2.15. The number of hydrogen-bond donors (Lipinski definition) is 3. The minimum atomic E-state index is -1.03. The van der Waals surface area contributed by atoms with Gasteiger partial charge in [-0.3, -0.25) is 19.7 Å². The number of nitrogens with one attached hydrogen (secondary N) is 1. The number of carbonyl (C=O) groups excluding carboxylic acids is 1. The number of nitrogens with zero attached hydrogens (tertiary/aromatic N) is 1. The Balaban J connectivity index is 2.56. The Morgan fingerprint density at radius 2 is 1.95 bits per heavy atom. The molecule has 0 spiro atoms. The lowest BCUT2D eigenvalue weighted by molar-refractivity contribution is -0.384. The highest BCUT2D eigenvalue weighted by molar-refractivity contribution is 5.94. The van der Waals surface area contributed by atoms with Crippen LogP contribution >= 0.6 is 0 Å². The molecule has 8 nitrogen and oxygen atoms in total. The zero-order valence-electron chi connectivity index (χ0n) is 9.91. The van der Waals surface area contributed by atoms with Gasteiger partial charge in [-0.25, -0.2) is 0 Å². The molecule has 0 saturated carbocycles. The van der Waals surface area contributed by atoms with E-state index in [0.29, 0.717) is 5.69 Å². The smallest absolute Gasteiger partial charge is 0.303 e. The number of aliphatic carboxylic acids is 1. The van der Waals surface area contributed by atoms with E-state index >= 15 is 0 Å². The number of rotatable bonds is 6. The predicted molar refractivity (Wildman–Crippen MR) is 66.6 cm³/mol. The average molecular weight is 267 g/mol. The van der Waals surface area contributed by atoms with E-state index in [0.717, 1.165) is 0 Å². The normalized spacial score (nSPS) is 11.6. The molecule has 1 aromatic carbocycles. The molecule has 4 N–H and O–H groups in total. The number of carbonyl (C=O) groups is 2. The fourth-order valence-electron chi connectivity index (χ4n) is 1.31. The molecule has 1 aromatic rings. The van der Waals surface area contributed by atoms with Crippen molar-refractivity contribution < 1.29 is 19.6 Å². The van der Waals surface area contributed by atoms with Crippen LogP contribution in [0.25, 0.3) is 0 Å². The molecule has 8 heteroatoms. The van der Waals surface area contributed by atoms with Gasteiger partial charge in [-0.15, -0.1) is 0 Å². The van der Waals surface area contributed by atoms with Gasteiger partial charge in [0.25, 0.3) is 5.69 Å². The van der Waals surface area contributed by atoms with Gasteiger partial charge in [0.1, 0.15) is 0 Å². The first-order valence-electron chi connectivity index (χ1n) is 5.43. The lowest BCUT2D eigenvalue weighted by atomic mass is 10.1. The Labute approximate surface area is 108 Å². The maximum atomic E-state index is 11.6. The van der Waals surface area contributed by atoms with E-state index in [4.69, 9.17) is 10.8 Å². The summed E-state index contributed by atoms with van der Waals surface area (Å²) in [5.74, 6) is -1.56. The van der Waals surface area contributed by atoms with Crippen molar-refractivity contribution in [3.05, 3.63) is 34.4 Å². The summed E-state index contributed by atoms with van der Waals surface area (Å²) >= 11 is 0. The van der Waals surface area contributed by atoms with Crippen molar-refractivity contribution in [3.63, 3.8) is 0 Å². The Kier molecular flexibility index (Phi) is 4.95. The first-order chi connectivity index (χ1) is 8.90. The van der Waals surface area contributed by atoms with Crippen LogP contribution in [-0.2, 0) is 9.59 Å².